The minimum absolute atomic E-state index is 0.828. The summed E-state index contributed by atoms with van der Waals surface area (Å²) >= 11 is 0. The van der Waals surface area contributed by atoms with Crippen molar-refractivity contribution in [3.8, 4) is 0 Å². The van der Waals surface area contributed by atoms with E-state index in [9.17, 15) is 0 Å². The van der Waals surface area contributed by atoms with Crippen LogP contribution in [-0.2, 0) is 6.54 Å². The number of aromatic nitrogens is 1. The van der Waals surface area contributed by atoms with Gasteiger partial charge in [0.25, 0.3) is 0 Å². The fraction of sp³-hybridized carbons (Fsp3) is 0.636. The Bertz CT molecular complexity index is 202. The van der Waals surface area contributed by atoms with Crippen LogP contribution in [0.25, 0.3) is 0 Å². The van der Waals surface area contributed by atoms with E-state index in [2.05, 4.69) is 30.2 Å². The van der Waals surface area contributed by atoms with Gasteiger partial charge in [0.15, 0.2) is 0 Å². The SMILES string of the molecule is CC(C)CCCNCc1cc[nH]c1. The van der Waals surface area contributed by atoms with Crippen LogP contribution in [0, 0.1) is 5.92 Å². The topological polar surface area (TPSA) is 27.8 Å². The van der Waals surface area contributed by atoms with Gasteiger partial charge in [-0.3, -0.25) is 0 Å². The van der Waals surface area contributed by atoms with Gasteiger partial charge in [0.1, 0.15) is 0 Å². The van der Waals surface area contributed by atoms with E-state index in [1.165, 1.54) is 18.4 Å². The van der Waals surface area contributed by atoms with Gasteiger partial charge in [0, 0.05) is 18.9 Å². The van der Waals surface area contributed by atoms with Crippen molar-refractivity contribution < 1.29 is 0 Å². The summed E-state index contributed by atoms with van der Waals surface area (Å²) in [6, 6.07) is 2.11. The largest absolute Gasteiger partial charge is 0.367 e. The Hall–Kier alpha value is -0.760. The van der Waals surface area contributed by atoms with Crippen molar-refractivity contribution in [3.05, 3.63) is 24.0 Å². The van der Waals surface area contributed by atoms with Gasteiger partial charge < -0.3 is 10.3 Å². The van der Waals surface area contributed by atoms with Crippen LogP contribution in [0.2, 0.25) is 0 Å². The predicted octanol–water partition coefficient (Wildman–Crippen LogP) is 2.54. The maximum absolute atomic E-state index is 3.42. The standard InChI is InChI=1S/C11H20N2/c1-10(2)4-3-6-12-8-11-5-7-13-9-11/h5,7,9-10,12-13H,3-4,6,8H2,1-2H3. The number of hydrogen-bond donors (Lipinski definition) is 2. The van der Waals surface area contributed by atoms with Gasteiger partial charge in [0.05, 0.1) is 0 Å². The number of rotatable bonds is 6. The molecule has 2 N–H and O–H groups in total. The minimum atomic E-state index is 0.828. The second-order valence-corrected chi connectivity index (χ2v) is 3.93. The first-order valence-electron chi connectivity index (χ1n) is 5.11. The molecule has 0 aliphatic carbocycles. The molecular weight excluding hydrogens is 160 g/mol. The van der Waals surface area contributed by atoms with E-state index in [1.54, 1.807) is 0 Å². The first-order valence-corrected chi connectivity index (χ1v) is 5.11. The van der Waals surface area contributed by atoms with Gasteiger partial charge in [-0.2, -0.15) is 0 Å². The summed E-state index contributed by atoms with van der Waals surface area (Å²) in [5, 5.41) is 3.42. The van der Waals surface area contributed by atoms with Crippen LogP contribution in [0.3, 0.4) is 0 Å². The molecule has 0 amide bonds. The van der Waals surface area contributed by atoms with E-state index in [-0.39, 0.29) is 0 Å². The molecule has 13 heavy (non-hydrogen) atoms. The molecule has 0 fully saturated rings. The Morgan fingerprint density at radius 1 is 1.46 bits per heavy atom. The van der Waals surface area contributed by atoms with Gasteiger partial charge in [-0.15, -0.1) is 0 Å². The van der Waals surface area contributed by atoms with E-state index in [0.717, 1.165) is 19.0 Å². The first-order chi connectivity index (χ1) is 6.29. The highest BCUT2D eigenvalue weighted by molar-refractivity contribution is 5.07. The van der Waals surface area contributed by atoms with Crippen molar-refractivity contribution in [1.29, 1.82) is 0 Å². The van der Waals surface area contributed by atoms with Crippen LogP contribution in [-0.4, -0.2) is 11.5 Å². The van der Waals surface area contributed by atoms with E-state index in [0.29, 0.717) is 0 Å². The predicted molar refractivity (Wildman–Crippen MR) is 56.6 cm³/mol. The van der Waals surface area contributed by atoms with Crippen molar-refractivity contribution in [3.63, 3.8) is 0 Å². The average molecular weight is 180 g/mol. The van der Waals surface area contributed by atoms with Crippen LogP contribution >= 0.6 is 0 Å². The van der Waals surface area contributed by atoms with Gasteiger partial charge in [0.2, 0.25) is 0 Å². The Morgan fingerprint density at radius 2 is 2.31 bits per heavy atom. The molecule has 0 aromatic carbocycles. The third kappa shape index (κ3) is 4.73. The first kappa shape index (κ1) is 10.3. The lowest BCUT2D eigenvalue weighted by Crippen LogP contribution is -2.14. The van der Waals surface area contributed by atoms with E-state index in [4.69, 9.17) is 0 Å². The number of H-pyrrole nitrogens is 1. The molecule has 0 spiro atoms. The normalized spacial score (nSPS) is 11.0. The molecule has 0 bridgehead atoms. The quantitative estimate of drug-likeness (QED) is 0.647. The average Bonchev–Trinajstić information content (AvgIpc) is 2.55. The van der Waals surface area contributed by atoms with Crippen LogP contribution in [0.5, 0.6) is 0 Å². The lowest BCUT2D eigenvalue weighted by Gasteiger charge is -2.05. The maximum Gasteiger partial charge on any atom is 0.0220 e. The fourth-order valence-electron chi connectivity index (χ4n) is 1.34. The molecule has 0 aliphatic rings. The third-order valence-corrected chi connectivity index (χ3v) is 2.13. The molecule has 1 aromatic rings. The number of aromatic amines is 1. The lowest BCUT2D eigenvalue weighted by atomic mass is 10.1. The zero-order chi connectivity index (χ0) is 9.52. The highest BCUT2D eigenvalue weighted by Gasteiger charge is 1.94. The second kappa shape index (κ2) is 5.81. The molecule has 0 radical (unpaired) electrons. The highest BCUT2D eigenvalue weighted by atomic mass is 14.8. The van der Waals surface area contributed by atoms with Gasteiger partial charge in [-0.05, 0) is 36.9 Å². The molecule has 2 heteroatoms. The Labute approximate surface area is 80.7 Å². The maximum atomic E-state index is 3.42. The van der Waals surface area contributed by atoms with Crippen LogP contribution in [0.1, 0.15) is 32.3 Å². The zero-order valence-corrected chi connectivity index (χ0v) is 8.64. The fourth-order valence-corrected chi connectivity index (χ4v) is 1.34. The Balaban J connectivity index is 1.96. The van der Waals surface area contributed by atoms with Crippen molar-refractivity contribution >= 4 is 0 Å². The molecule has 1 rings (SSSR count). The molecular formula is C11H20N2. The minimum Gasteiger partial charge on any atom is -0.367 e. The molecule has 0 saturated heterocycles. The molecule has 0 unspecified atom stereocenters. The van der Waals surface area contributed by atoms with Crippen LogP contribution in [0.15, 0.2) is 18.5 Å². The monoisotopic (exact) mass is 180 g/mol. The summed E-state index contributed by atoms with van der Waals surface area (Å²) in [5.74, 6) is 0.828. The molecule has 2 nitrogen and oxygen atoms in total. The van der Waals surface area contributed by atoms with Gasteiger partial charge >= 0.3 is 0 Å². The summed E-state index contributed by atoms with van der Waals surface area (Å²) in [7, 11) is 0. The zero-order valence-electron chi connectivity index (χ0n) is 8.64. The molecule has 1 heterocycles. The third-order valence-electron chi connectivity index (χ3n) is 2.13. The molecule has 1 aromatic heterocycles. The van der Waals surface area contributed by atoms with E-state index >= 15 is 0 Å². The van der Waals surface area contributed by atoms with Crippen molar-refractivity contribution in [1.82, 2.24) is 10.3 Å². The van der Waals surface area contributed by atoms with Crippen LogP contribution < -0.4 is 5.32 Å². The van der Waals surface area contributed by atoms with Crippen LogP contribution in [0.4, 0.5) is 0 Å². The summed E-state index contributed by atoms with van der Waals surface area (Å²) in [6.07, 6.45) is 6.60. The van der Waals surface area contributed by atoms with Gasteiger partial charge in [-0.25, -0.2) is 0 Å². The molecule has 0 saturated carbocycles. The summed E-state index contributed by atoms with van der Waals surface area (Å²) in [5.41, 5.74) is 1.34. The van der Waals surface area contributed by atoms with E-state index < -0.39 is 0 Å². The van der Waals surface area contributed by atoms with E-state index in [1.807, 2.05) is 12.4 Å². The Morgan fingerprint density at radius 3 is 2.92 bits per heavy atom. The van der Waals surface area contributed by atoms with Crippen molar-refractivity contribution in [2.75, 3.05) is 6.54 Å². The number of hydrogen-bond acceptors (Lipinski definition) is 1. The summed E-state index contributed by atoms with van der Waals surface area (Å²) in [6.45, 7) is 6.66. The lowest BCUT2D eigenvalue weighted by molar-refractivity contribution is 0.527. The highest BCUT2D eigenvalue weighted by Crippen LogP contribution is 2.02. The molecule has 74 valence electrons. The smallest absolute Gasteiger partial charge is 0.0220 e. The summed E-state index contributed by atoms with van der Waals surface area (Å²) < 4.78 is 0. The van der Waals surface area contributed by atoms with Crippen molar-refractivity contribution in [2.45, 2.75) is 33.2 Å². The van der Waals surface area contributed by atoms with Gasteiger partial charge in [-0.1, -0.05) is 13.8 Å². The van der Waals surface area contributed by atoms with Crippen molar-refractivity contribution in [2.24, 2.45) is 5.92 Å². The Kier molecular flexibility index (Phi) is 4.61. The number of nitrogens with one attached hydrogen (secondary N) is 2. The summed E-state index contributed by atoms with van der Waals surface area (Å²) in [4.78, 5) is 3.05. The second-order valence-electron chi connectivity index (χ2n) is 3.93. The molecule has 0 atom stereocenters. The molecule has 0 aliphatic heterocycles.